The molecule has 0 atom stereocenters. The summed E-state index contributed by atoms with van der Waals surface area (Å²) >= 11 is 0. The van der Waals surface area contributed by atoms with E-state index in [1.54, 1.807) is 17.9 Å². The number of rotatable bonds is 8. The highest BCUT2D eigenvalue weighted by atomic mass is 16.5. The van der Waals surface area contributed by atoms with Crippen molar-refractivity contribution in [1.29, 1.82) is 5.26 Å². The van der Waals surface area contributed by atoms with E-state index in [1.165, 1.54) is 4.90 Å². The summed E-state index contributed by atoms with van der Waals surface area (Å²) in [6, 6.07) is 19.5. The number of nitrogens with zero attached hydrogens (tertiary/aromatic N) is 4. The Bertz CT molecular complexity index is 1080. The highest BCUT2D eigenvalue weighted by Gasteiger charge is 2.21. The van der Waals surface area contributed by atoms with E-state index in [0.29, 0.717) is 17.8 Å². The first-order valence-electron chi connectivity index (χ1n) is 9.94. The van der Waals surface area contributed by atoms with Gasteiger partial charge in [-0.25, -0.2) is 4.79 Å². The van der Waals surface area contributed by atoms with E-state index in [0.717, 1.165) is 16.7 Å². The average molecular weight is 416 g/mol. The van der Waals surface area contributed by atoms with E-state index in [4.69, 9.17) is 10.00 Å². The zero-order valence-corrected chi connectivity index (χ0v) is 17.6. The van der Waals surface area contributed by atoms with Crippen molar-refractivity contribution in [2.45, 2.75) is 19.9 Å². The van der Waals surface area contributed by atoms with Crippen LogP contribution in [0, 0.1) is 18.3 Å². The van der Waals surface area contributed by atoms with Gasteiger partial charge in [-0.15, -0.1) is 0 Å². The minimum absolute atomic E-state index is 0.222. The SMILES string of the molecule is Cc1ccc(-c2nn(Cc3ccccc3)cc2C(=O)OCC(=O)N(C)CCC#N)cc1. The van der Waals surface area contributed by atoms with Crippen LogP contribution in [0.15, 0.2) is 60.8 Å². The molecule has 0 saturated heterocycles. The van der Waals surface area contributed by atoms with E-state index in [2.05, 4.69) is 5.10 Å². The molecule has 31 heavy (non-hydrogen) atoms. The molecule has 0 aliphatic rings. The molecule has 0 radical (unpaired) electrons. The first kappa shape index (κ1) is 21.8. The number of ether oxygens (including phenoxy) is 1. The average Bonchev–Trinajstić information content (AvgIpc) is 3.20. The van der Waals surface area contributed by atoms with Crippen molar-refractivity contribution in [3.8, 4) is 17.3 Å². The van der Waals surface area contributed by atoms with Gasteiger partial charge in [-0.1, -0.05) is 60.2 Å². The molecule has 1 amide bonds. The van der Waals surface area contributed by atoms with Crippen LogP contribution in [0.2, 0.25) is 0 Å². The van der Waals surface area contributed by atoms with Crippen molar-refractivity contribution < 1.29 is 14.3 Å². The number of hydrogen-bond acceptors (Lipinski definition) is 5. The number of carbonyl (C=O) groups is 2. The fraction of sp³-hybridized carbons (Fsp3) is 0.250. The van der Waals surface area contributed by atoms with Crippen molar-refractivity contribution >= 4 is 11.9 Å². The van der Waals surface area contributed by atoms with Crippen LogP contribution < -0.4 is 0 Å². The third kappa shape index (κ3) is 5.80. The predicted molar refractivity (Wildman–Crippen MR) is 116 cm³/mol. The molecule has 7 nitrogen and oxygen atoms in total. The molecule has 3 aromatic rings. The molecule has 3 rings (SSSR count). The Morgan fingerprint density at radius 2 is 1.84 bits per heavy atom. The number of esters is 1. The van der Waals surface area contributed by atoms with Crippen molar-refractivity contribution in [2.75, 3.05) is 20.2 Å². The lowest BCUT2D eigenvalue weighted by atomic mass is 10.1. The molecule has 0 aliphatic heterocycles. The summed E-state index contributed by atoms with van der Waals surface area (Å²) in [4.78, 5) is 26.3. The minimum atomic E-state index is -0.614. The van der Waals surface area contributed by atoms with Gasteiger partial charge >= 0.3 is 5.97 Å². The molecular formula is C24H24N4O3. The van der Waals surface area contributed by atoms with Crippen LogP contribution in [0.4, 0.5) is 0 Å². The van der Waals surface area contributed by atoms with Gasteiger partial charge in [0.05, 0.1) is 19.0 Å². The molecule has 7 heteroatoms. The Balaban J connectivity index is 1.81. The number of carbonyl (C=O) groups excluding carboxylic acids is 2. The Labute approximate surface area is 181 Å². The summed E-state index contributed by atoms with van der Waals surface area (Å²) in [7, 11) is 1.57. The van der Waals surface area contributed by atoms with Gasteiger partial charge in [0, 0.05) is 25.4 Å². The van der Waals surface area contributed by atoms with Gasteiger partial charge in [-0.3, -0.25) is 9.48 Å². The maximum atomic E-state index is 12.8. The van der Waals surface area contributed by atoms with Crippen LogP contribution in [0.3, 0.4) is 0 Å². The summed E-state index contributed by atoms with van der Waals surface area (Å²) < 4.78 is 6.97. The molecule has 0 saturated carbocycles. The normalized spacial score (nSPS) is 10.4. The smallest absolute Gasteiger partial charge is 0.342 e. The molecule has 0 N–H and O–H groups in total. The predicted octanol–water partition coefficient (Wildman–Crippen LogP) is 3.44. The quantitative estimate of drug-likeness (QED) is 0.525. The zero-order valence-electron chi connectivity index (χ0n) is 17.6. The van der Waals surface area contributed by atoms with E-state index < -0.39 is 12.6 Å². The van der Waals surface area contributed by atoms with Crippen molar-refractivity contribution in [1.82, 2.24) is 14.7 Å². The van der Waals surface area contributed by atoms with Gasteiger partial charge in [0.2, 0.25) is 0 Å². The van der Waals surface area contributed by atoms with Gasteiger partial charge in [-0.05, 0) is 12.5 Å². The van der Waals surface area contributed by atoms with Gasteiger partial charge in [0.25, 0.3) is 5.91 Å². The summed E-state index contributed by atoms with van der Waals surface area (Å²) in [6.45, 7) is 2.39. The third-order valence-corrected chi connectivity index (χ3v) is 4.81. The second-order valence-corrected chi connectivity index (χ2v) is 7.24. The second kappa shape index (κ2) is 10.2. The highest BCUT2D eigenvalue weighted by molar-refractivity contribution is 5.97. The maximum Gasteiger partial charge on any atom is 0.342 e. The molecule has 0 spiro atoms. The van der Waals surface area contributed by atoms with Crippen LogP contribution >= 0.6 is 0 Å². The first-order chi connectivity index (χ1) is 15.0. The van der Waals surface area contributed by atoms with Gasteiger partial charge < -0.3 is 9.64 Å². The number of hydrogen-bond donors (Lipinski definition) is 0. The molecular weight excluding hydrogens is 392 g/mol. The second-order valence-electron chi connectivity index (χ2n) is 7.24. The standard InChI is InChI=1S/C24H24N4O3/c1-18-9-11-20(12-10-18)23-21(16-28(26-23)15-19-7-4-3-5-8-19)24(30)31-17-22(29)27(2)14-6-13-25/h3-5,7-12,16H,6,14-15,17H2,1-2H3. The lowest BCUT2D eigenvalue weighted by molar-refractivity contribution is -0.133. The Morgan fingerprint density at radius 1 is 1.13 bits per heavy atom. The number of nitriles is 1. The van der Waals surface area contributed by atoms with Crippen molar-refractivity contribution in [3.05, 3.63) is 77.5 Å². The summed E-state index contributed by atoms with van der Waals surface area (Å²) in [5, 5.41) is 13.3. The van der Waals surface area contributed by atoms with E-state index in [1.807, 2.05) is 67.6 Å². The first-order valence-corrected chi connectivity index (χ1v) is 9.94. The van der Waals surface area contributed by atoms with Crippen molar-refractivity contribution in [3.63, 3.8) is 0 Å². The summed E-state index contributed by atoms with van der Waals surface area (Å²) in [5.41, 5.74) is 3.75. The van der Waals surface area contributed by atoms with E-state index >= 15 is 0 Å². The third-order valence-electron chi connectivity index (χ3n) is 4.81. The van der Waals surface area contributed by atoms with Gasteiger partial charge in [-0.2, -0.15) is 10.4 Å². The van der Waals surface area contributed by atoms with E-state index in [-0.39, 0.29) is 18.9 Å². The number of aromatic nitrogens is 2. The number of likely N-dealkylation sites (N-methyl/N-ethyl adjacent to an activating group) is 1. The summed E-state index contributed by atoms with van der Waals surface area (Å²) in [5.74, 6) is -0.978. The lowest BCUT2D eigenvalue weighted by Gasteiger charge is -2.15. The Kier molecular flexibility index (Phi) is 7.17. The topological polar surface area (TPSA) is 88.2 Å². The number of benzene rings is 2. The molecule has 1 heterocycles. The van der Waals surface area contributed by atoms with Crippen LogP contribution in [0.5, 0.6) is 0 Å². The summed E-state index contributed by atoms with van der Waals surface area (Å²) in [6.07, 6.45) is 1.87. The lowest BCUT2D eigenvalue weighted by Crippen LogP contribution is -2.31. The minimum Gasteiger partial charge on any atom is -0.452 e. The number of aryl methyl sites for hydroxylation is 1. The van der Waals surface area contributed by atoms with Gasteiger partial charge in [0.1, 0.15) is 11.3 Å². The zero-order chi connectivity index (χ0) is 22.2. The molecule has 0 aliphatic carbocycles. The molecule has 158 valence electrons. The highest BCUT2D eigenvalue weighted by Crippen LogP contribution is 2.24. The van der Waals surface area contributed by atoms with E-state index in [9.17, 15) is 9.59 Å². The Morgan fingerprint density at radius 3 is 2.52 bits per heavy atom. The molecule has 1 aromatic heterocycles. The molecule has 2 aromatic carbocycles. The number of amides is 1. The van der Waals surface area contributed by atoms with Crippen LogP contribution in [0.25, 0.3) is 11.3 Å². The fourth-order valence-corrected chi connectivity index (χ4v) is 3.00. The van der Waals surface area contributed by atoms with Crippen molar-refractivity contribution in [2.24, 2.45) is 0 Å². The molecule has 0 unspecified atom stereocenters. The van der Waals surface area contributed by atoms with Gasteiger partial charge in [0.15, 0.2) is 6.61 Å². The molecule has 0 bridgehead atoms. The monoisotopic (exact) mass is 416 g/mol. The maximum absolute atomic E-state index is 12.8. The largest absolute Gasteiger partial charge is 0.452 e. The fourth-order valence-electron chi connectivity index (χ4n) is 3.00. The van der Waals surface area contributed by atoms with Crippen LogP contribution in [-0.2, 0) is 16.1 Å². The van der Waals surface area contributed by atoms with Crippen LogP contribution in [-0.4, -0.2) is 46.8 Å². The Hall–Kier alpha value is -3.92. The van der Waals surface area contributed by atoms with Crippen LogP contribution in [0.1, 0.15) is 27.9 Å². The molecule has 0 fully saturated rings.